The number of rotatable bonds is 7. The van der Waals surface area contributed by atoms with Crippen LogP contribution in [0.1, 0.15) is 0 Å². The van der Waals surface area contributed by atoms with Gasteiger partial charge in [0, 0.05) is 33.9 Å². The molecule has 1 amide bonds. The summed E-state index contributed by atoms with van der Waals surface area (Å²) in [5.41, 5.74) is 1.99. The van der Waals surface area contributed by atoms with E-state index in [1.54, 1.807) is 6.07 Å². The lowest BCUT2D eigenvalue weighted by Crippen LogP contribution is -2.25. The summed E-state index contributed by atoms with van der Waals surface area (Å²) < 4.78 is 25.8. The molecule has 0 unspecified atom stereocenters. The Morgan fingerprint density at radius 1 is 1.00 bits per heavy atom. The molecule has 0 aromatic heterocycles. The maximum Gasteiger partial charge on any atom is 0.243 e. The number of para-hydroxylation sites is 1. The van der Waals surface area contributed by atoms with Crippen LogP contribution in [0.5, 0.6) is 0 Å². The average Bonchev–Trinajstić information content (AvgIpc) is 2.60. The molecule has 8 heteroatoms. The second-order valence-corrected chi connectivity index (χ2v) is 8.28. The first kappa shape index (κ1) is 19.7. The Kier molecular flexibility index (Phi) is 6.23. The third kappa shape index (κ3) is 4.74. The molecule has 0 atom stereocenters. The Hall–Kier alpha value is -2.58. The Morgan fingerprint density at radius 3 is 2.23 bits per heavy atom. The lowest BCUT2D eigenvalue weighted by Gasteiger charge is -2.20. The standard InChI is InChI=1S/C18H24N4O3S/c1-21(2)17-11-10-15(26(24,25)22(3)4)12-16(17)20-18(23)13-19-14-8-6-5-7-9-14/h5-12,19H,13H2,1-4H3,(H,20,23). The third-order valence-corrected chi connectivity index (χ3v) is 5.54. The summed E-state index contributed by atoms with van der Waals surface area (Å²) >= 11 is 0. The van der Waals surface area contributed by atoms with Crippen LogP contribution in [0.4, 0.5) is 17.1 Å². The number of carbonyl (C=O) groups is 1. The zero-order chi connectivity index (χ0) is 19.3. The largest absolute Gasteiger partial charge is 0.376 e. The number of nitrogens with one attached hydrogen (secondary N) is 2. The normalized spacial score (nSPS) is 11.3. The molecule has 0 aliphatic rings. The summed E-state index contributed by atoms with van der Waals surface area (Å²) in [6, 6.07) is 14.1. The molecule has 26 heavy (non-hydrogen) atoms. The highest BCUT2D eigenvalue weighted by atomic mass is 32.2. The molecule has 7 nitrogen and oxygen atoms in total. The summed E-state index contributed by atoms with van der Waals surface area (Å²) in [6.07, 6.45) is 0. The number of nitrogens with zero attached hydrogens (tertiary/aromatic N) is 2. The molecular formula is C18H24N4O3S. The van der Waals surface area contributed by atoms with Gasteiger partial charge in [-0.2, -0.15) is 0 Å². The van der Waals surface area contributed by atoms with Crippen molar-refractivity contribution in [2.45, 2.75) is 4.90 Å². The highest BCUT2D eigenvalue weighted by Crippen LogP contribution is 2.28. The van der Waals surface area contributed by atoms with Crippen LogP contribution in [0.15, 0.2) is 53.4 Å². The van der Waals surface area contributed by atoms with Gasteiger partial charge in [0.1, 0.15) is 0 Å². The second-order valence-electron chi connectivity index (χ2n) is 6.13. The second kappa shape index (κ2) is 8.20. The molecule has 0 bridgehead atoms. The SMILES string of the molecule is CN(C)c1ccc(S(=O)(=O)N(C)C)cc1NC(=O)CNc1ccccc1. The summed E-state index contributed by atoms with van der Waals surface area (Å²) in [5.74, 6) is -0.267. The highest BCUT2D eigenvalue weighted by molar-refractivity contribution is 7.89. The zero-order valence-corrected chi connectivity index (χ0v) is 16.2. The van der Waals surface area contributed by atoms with Gasteiger partial charge in [-0.3, -0.25) is 4.79 Å². The number of hydrogen-bond donors (Lipinski definition) is 2. The van der Waals surface area contributed by atoms with E-state index in [0.29, 0.717) is 5.69 Å². The molecule has 0 radical (unpaired) electrons. The number of benzene rings is 2. The lowest BCUT2D eigenvalue weighted by molar-refractivity contribution is -0.114. The van der Waals surface area contributed by atoms with E-state index in [1.807, 2.05) is 49.3 Å². The van der Waals surface area contributed by atoms with Gasteiger partial charge < -0.3 is 15.5 Å². The van der Waals surface area contributed by atoms with Crippen molar-refractivity contribution in [3.8, 4) is 0 Å². The van der Waals surface area contributed by atoms with Crippen LogP contribution in [0, 0.1) is 0 Å². The number of sulfonamides is 1. The van der Waals surface area contributed by atoms with Gasteiger partial charge >= 0.3 is 0 Å². The van der Waals surface area contributed by atoms with Crippen LogP contribution in [0.2, 0.25) is 0 Å². The predicted molar refractivity (Wildman–Crippen MR) is 105 cm³/mol. The molecule has 0 fully saturated rings. The topological polar surface area (TPSA) is 81.8 Å². The molecule has 0 aliphatic carbocycles. The zero-order valence-electron chi connectivity index (χ0n) is 15.4. The van der Waals surface area contributed by atoms with E-state index in [0.717, 1.165) is 15.7 Å². The Labute approximate surface area is 154 Å². The molecule has 0 saturated carbocycles. The van der Waals surface area contributed by atoms with E-state index >= 15 is 0 Å². The van der Waals surface area contributed by atoms with Gasteiger partial charge in [-0.05, 0) is 30.3 Å². The first-order chi connectivity index (χ1) is 12.2. The molecule has 2 N–H and O–H groups in total. The van der Waals surface area contributed by atoms with E-state index in [-0.39, 0.29) is 17.3 Å². The van der Waals surface area contributed by atoms with Gasteiger partial charge in [-0.25, -0.2) is 12.7 Å². The van der Waals surface area contributed by atoms with Crippen molar-refractivity contribution in [3.63, 3.8) is 0 Å². The lowest BCUT2D eigenvalue weighted by atomic mass is 10.2. The van der Waals surface area contributed by atoms with Crippen molar-refractivity contribution in [2.75, 3.05) is 50.3 Å². The molecule has 140 valence electrons. The molecule has 2 aromatic carbocycles. The number of anilines is 3. The molecule has 0 spiro atoms. The monoisotopic (exact) mass is 376 g/mol. The number of carbonyl (C=O) groups excluding carboxylic acids is 1. The van der Waals surface area contributed by atoms with Gasteiger partial charge in [0.25, 0.3) is 0 Å². The fourth-order valence-electron chi connectivity index (χ4n) is 2.31. The third-order valence-electron chi connectivity index (χ3n) is 3.73. The van der Waals surface area contributed by atoms with Crippen LogP contribution in [-0.4, -0.2) is 53.4 Å². The van der Waals surface area contributed by atoms with Crippen LogP contribution in [0.25, 0.3) is 0 Å². The fourth-order valence-corrected chi connectivity index (χ4v) is 3.24. The first-order valence-electron chi connectivity index (χ1n) is 8.04. The van der Waals surface area contributed by atoms with Crippen molar-refractivity contribution in [1.82, 2.24) is 4.31 Å². The molecular weight excluding hydrogens is 352 g/mol. The molecule has 0 heterocycles. The average molecular weight is 376 g/mol. The predicted octanol–water partition coefficient (Wildman–Crippen LogP) is 2.05. The summed E-state index contributed by atoms with van der Waals surface area (Å²) in [7, 11) is 3.01. The smallest absolute Gasteiger partial charge is 0.243 e. The van der Waals surface area contributed by atoms with Crippen LogP contribution in [-0.2, 0) is 14.8 Å². The Balaban J connectivity index is 2.21. The number of amides is 1. The van der Waals surface area contributed by atoms with E-state index in [1.165, 1.54) is 26.2 Å². The van der Waals surface area contributed by atoms with Gasteiger partial charge in [-0.1, -0.05) is 18.2 Å². The van der Waals surface area contributed by atoms with Crippen LogP contribution in [0.3, 0.4) is 0 Å². The Morgan fingerprint density at radius 2 is 1.65 bits per heavy atom. The molecule has 2 aromatic rings. The molecule has 2 rings (SSSR count). The summed E-state index contributed by atoms with van der Waals surface area (Å²) in [5, 5.41) is 5.81. The Bertz CT molecular complexity index is 865. The van der Waals surface area contributed by atoms with Crippen molar-refractivity contribution >= 4 is 33.0 Å². The van der Waals surface area contributed by atoms with Gasteiger partial charge in [0.15, 0.2) is 0 Å². The van der Waals surface area contributed by atoms with Gasteiger partial charge in [-0.15, -0.1) is 0 Å². The number of hydrogen-bond acceptors (Lipinski definition) is 5. The van der Waals surface area contributed by atoms with Gasteiger partial charge in [0.05, 0.1) is 22.8 Å². The highest BCUT2D eigenvalue weighted by Gasteiger charge is 2.20. The van der Waals surface area contributed by atoms with Crippen molar-refractivity contribution in [3.05, 3.63) is 48.5 Å². The maximum atomic E-state index is 12.3. The van der Waals surface area contributed by atoms with Gasteiger partial charge in [0.2, 0.25) is 15.9 Å². The molecule has 0 aliphatic heterocycles. The van der Waals surface area contributed by atoms with Crippen LogP contribution < -0.4 is 15.5 Å². The van der Waals surface area contributed by atoms with E-state index in [9.17, 15) is 13.2 Å². The summed E-state index contributed by atoms with van der Waals surface area (Å²) in [4.78, 5) is 14.2. The maximum absolute atomic E-state index is 12.3. The van der Waals surface area contributed by atoms with Crippen LogP contribution >= 0.6 is 0 Å². The summed E-state index contributed by atoms with van der Waals surface area (Å²) in [6.45, 7) is 0.0710. The minimum absolute atomic E-state index is 0.0710. The van der Waals surface area contributed by atoms with E-state index in [2.05, 4.69) is 10.6 Å². The van der Waals surface area contributed by atoms with Crippen molar-refractivity contribution in [1.29, 1.82) is 0 Å². The quantitative estimate of drug-likeness (QED) is 0.773. The molecule has 0 saturated heterocycles. The minimum atomic E-state index is -3.59. The minimum Gasteiger partial charge on any atom is -0.376 e. The van der Waals surface area contributed by atoms with E-state index in [4.69, 9.17) is 0 Å². The van der Waals surface area contributed by atoms with E-state index < -0.39 is 10.0 Å². The fraction of sp³-hybridized carbons (Fsp3) is 0.278. The van der Waals surface area contributed by atoms with Crippen molar-refractivity contribution in [2.24, 2.45) is 0 Å². The van der Waals surface area contributed by atoms with Crippen molar-refractivity contribution < 1.29 is 13.2 Å². The first-order valence-corrected chi connectivity index (χ1v) is 9.48.